The van der Waals surface area contributed by atoms with Crippen LogP contribution in [0.1, 0.15) is 31.1 Å². The van der Waals surface area contributed by atoms with Crippen LogP contribution in [0.4, 0.5) is 0 Å². The monoisotopic (exact) mass is 419 g/mol. The Bertz CT molecular complexity index is 844. The number of carbonyl (C=O) groups excluding carboxylic acids is 1. The third-order valence-electron chi connectivity index (χ3n) is 4.65. The van der Waals surface area contributed by atoms with E-state index in [9.17, 15) is 9.90 Å². The van der Waals surface area contributed by atoms with Crippen LogP contribution in [0.3, 0.4) is 0 Å². The fourth-order valence-electron chi connectivity index (χ4n) is 3.16. The summed E-state index contributed by atoms with van der Waals surface area (Å²) in [4.78, 5) is 11.8. The highest BCUT2D eigenvalue weighted by Gasteiger charge is 2.28. The predicted octanol–water partition coefficient (Wildman–Crippen LogP) is 3.30. The molecule has 2 N–H and O–H groups in total. The Balaban J connectivity index is 1.52. The van der Waals surface area contributed by atoms with Crippen molar-refractivity contribution in [3.05, 3.63) is 58.6 Å². The van der Waals surface area contributed by atoms with E-state index in [0.717, 1.165) is 17.5 Å². The first-order valence-corrected chi connectivity index (χ1v) is 10.1. The van der Waals surface area contributed by atoms with E-state index in [1.807, 2.05) is 30.3 Å². The molecule has 0 spiro atoms. The summed E-state index contributed by atoms with van der Waals surface area (Å²) >= 11 is 5.98. The predicted molar refractivity (Wildman–Crippen MR) is 111 cm³/mol. The van der Waals surface area contributed by atoms with Crippen molar-refractivity contribution < 1.29 is 24.1 Å². The molecule has 6 nitrogen and oxygen atoms in total. The van der Waals surface area contributed by atoms with Crippen molar-refractivity contribution in [2.75, 3.05) is 19.8 Å². The highest BCUT2D eigenvalue weighted by Crippen LogP contribution is 2.33. The van der Waals surface area contributed by atoms with Crippen LogP contribution in [0.25, 0.3) is 0 Å². The molecule has 0 aliphatic carbocycles. The summed E-state index contributed by atoms with van der Waals surface area (Å²) in [5.41, 5.74) is 1.85. The molecular weight excluding hydrogens is 394 g/mol. The fraction of sp³-hybridized carbons (Fsp3) is 0.409. The quantitative estimate of drug-likeness (QED) is 0.639. The van der Waals surface area contributed by atoms with Crippen molar-refractivity contribution in [3.8, 4) is 11.5 Å². The minimum Gasteiger partial charge on any atom is -0.485 e. The maximum absolute atomic E-state index is 11.8. The van der Waals surface area contributed by atoms with E-state index in [1.165, 1.54) is 0 Å². The maximum atomic E-state index is 11.8. The highest BCUT2D eigenvalue weighted by atomic mass is 35.5. The van der Waals surface area contributed by atoms with E-state index in [4.69, 9.17) is 25.8 Å². The molecule has 0 aromatic heterocycles. The summed E-state index contributed by atoms with van der Waals surface area (Å²) in [7, 11) is 0. The van der Waals surface area contributed by atoms with E-state index in [2.05, 4.69) is 12.2 Å². The molecule has 1 aliphatic rings. The summed E-state index contributed by atoms with van der Waals surface area (Å²) in [5.74, 6) is 0.738. The van der Waals surface area contributed by atoms with Gasteiger partial charge in [-0.1, -0.05) is 29.8 Å². The first-order valence-electron chi connectivity index (χ1n) is 9.72. The molecule has 3 atom stereocenters. The molecule has 0 fully saturated rings. The van der Waals surface area contributed by atoms with Gasteiger partial charge in [-0.15, -0.1) is 0 Å². The Morgan fingerprint density at radius 2 is 2.14 bits per heavy atom. The molecule has 1 aliphatic heterocycles. The average Bonchev–Trinajstić information content (AvgIpc) is 2.71. The maximum Gasteiger partial charge on any atom is 0.350 e. The van der Waals surface area contributed by atoms with Crippen molar-refractivity contribution in [2.24, 2.45) is 0 Å². The summed E-state index contributed by atoms with van der Waals surface area (Å²) in [6.07, 6.45) is -0.613. The van der Waals surface area contributed by atoms with Crippen LogP contribution < -0.4 is 14.8 Å². The van der Waals surface area contributed by atoms with Crippen LogP contribution in [0.2, 0.25) is 5.02 Å². The second-order valence-corrected chi connectivity index (χ2v) is 7.47. The number of hydrogen-bond donors (Lipinski definition) is 2. The molecule has 0 amide bonds. The molecule has 0 saturated carbocycles. The van der Waals surface area contributed by atoms with Gasteiger partial charge in [-0.3, -0.25) is 0 Å². The zero-order valence-electron chi connectivity index (χ0n) is 16.6. The van der Waals surface area contributed by atoms with Gasteiger partial charge in [0.05, 0.1) is 12.7 Å². The number of benzene rings is 2. The second-order valence-electron chi connectivity index (χ2n) is 7.03. The molecule has 0 radical (unpaired) electrons. The highest BCUT2D eigenvalue weighted by molar-refractivity contribution is 6.30. The number of hydrogen-bond acceptors (Lipinski definition) is 6. The number of nitrogens with one attached hydrogen (secondary N) is 1. The number of esters is 1. The average molecular weight is 420 g/mol. The largest absolute Gasteiger partial charge is 0.485 e. The van der Waals surface area contributed by atoms with Crippen LogP contribution in [0.5, 0.6) is 11.5 Å². The number of aliphatic hydroxyl groups excluding tert-OH is 1. The Morgan fingerprint density at radius 1 is 1.31 bits per heavy atom. The molecule has 2 unspecified atom stereocenters. The van der Waals surface area contributed by atoms with E-state index in [1.54, 1.807) is 19.1 Å². The lowest BCUT2D eigenvalue weighted by molar-refractivity contribution is -0.153. The molecule has 2 aromatic rings. The third-order valence-corrected chi connectivity index (χ3v) is 4.89. The molecule has 2 aromatic carbocycles. The summed E-state index contributed by atoms with van der Waals surface area (Å²) in [5, 5.41) is 14.3. The zero-order chi connectivity index (χ0) is 20.8. The second kappa shape index (κ2) is 9.96. The Kier molecular flexibility index (Phi) is 7.36. The first kappa shape index (κ1) is 21.4. The van der Waals surface area contributed by atoms with Crippen LogP contribution in [0.15, 0.2) is 42.5 Å². The van der Waals surface area contributed by atoms with Gasteiger partial charge in [-0.05, 0) is 55.7 Å². The van der Waals surface area contributed by atoms with Crippen molar-refractivity contribution in [1.29, 1.82) is 0 Å². The standard InChI is InChI=1S/C22H26ClNO5/c1-3-27-22(26)21-13-28-20-10-15(7-8-19(20)29-21)9-14(2)24-12-18(25)16-5-4-6-17(23)11-16/h4-8,10-11,14,18,21,24-25H,3,9,12-13H2,1-2H3/t14-,18?,21?/m0/s1. The molecule has 0 saturated heterocycles. The Morgan fingerprint density at radius 3 is 2.90 bits per heavy atom. The number of aliphatic hydroxyl groups is 1. The normalized spacial score (nSPS) is 17.4. The number of ether oxygens (including phenoxy) is 3. The third kappa shape index (κ3) is 5.85. The lowest BCUT2D eigenvalue weighted by Crippen LogP contribution is -2.38. The van der Waals surface area contributed by atoms with E-state index in [0.29, 0.717) is 29.7 Å². The Hall–Kier alpha value is -2.28. The lowest BCUT2D eigenvalue weighted by Gasteiger charge is -2.25. The zero-order valence-corrected chi connectivity index (χ0v) is 17.3. The summed E-state index contributed by atoms with van der Waals surface area (Å²) in [6, 6.07) is 13.0. The molecule has 7 heteroatoms. The number of carbonyl (C=O) groups is 1. The molecular formula is C22H26ClNO5. The van der Waals surface area contributed by atoms with Gasteiger partial charge in [-0.2, -0.15) is 0 Å². The van der Waals surface area contributed by atoms with Gasteiger partial charge in [-0.25, -0.2) is 4.79 Å². The van der Waals surface area contributed by atoms with Crippen molar-refractivity contribution in [2.45, 2.75) is 38.5 Å². The van der Waals surface area contributed by atoms with Gasteiger partial charge in [0.1, 0.15) is 6.61 Å². The van der Waals surface area contributed by atoms with E-state index < -0.39 is 18.2 Å². The van der Waals surface area contributed by atoms with Gasteiger partial charge in [0.25, 0.3) is 0 Å². The molecule has 0 bridgehead atoms. The fourth-order valence-corrected chi connectivity index (χ4v) is 3.36. The van der Waals surface area contributed by atoms with Gasteiger partial charge in [0.2, 0.25) is 6.10 Å². The topological polar surface area (TPSA) is 77.0 Å². The van der Waals surface area contributed by atoms with Gasteiger partial charge < -0.3 is 24.6 Å². The van der Waals surface area contributed by atoms with Crippen LogP contribution in [0, 0.1) is 0 Å². The van der Waals surface area contributed by atoms with Crippen molar-refractivity contribution in [1.82, 2.24) is 5.32 Å². The smallest absolute Gasteiger partial charge is 0.350 e. The van der Waals surface area contributed by atoms with Crippen molar-refractivity contribution in [3.63, 3.8) is 0 Å². The molecule has 156 valence electrons. The van der Waals surface area contributed by atoms with E-state index >= 15 is 0 Å². The van der Waals surface area contributed by atoms with Crippen LogP contribution in [-0.2, 0) is 16.0 Å². The number of halogens is 1. The minimum absolute atomic E-state index is 0.134. The van der Waals surface area contributed by atoms with Gasteiger partial charge >= 0.3 is 5.97 Å². The molecule has 1 heterocycles. The van der Waals surface area contributed by atoms with Gasteiger partial charge in [0.15, 0.2) is 11.5 Å². The molecule has 3 rings (SSSR count). The first-order chi connectivity index (χ1) is 14.0. The van der Waals surface area contributed by atoms with Crippen molar-refractivity contribution >= 4 is 17.6 Å². The Labute approximate surface area is 175 Å². The van der Waals surface area contributed by atoms with Gasteiger partial charge in [0, 0.05) is 17.6 Å². The summed E-state index contributed by atoms with van der Waals surface area (Å²) in [6.45, 7) is 4.67. The van der Waals surface area contributed by atoms with Crippen LogP contribution >= 0.6 is 11.6 Å². The SMILES string of the molecule is CCOC(=O)C1COc2cc(C[C@H](C)NCC(O)c3cccc(Cl)c3)ccc2O1. The number of rotatable bonds is 8. The number of fused-ring (bicyclic) bond motifs is 1. The summed E-state index contributed by atoms with van der Waals surface area (Å²) < 4.78 is 16.4. The van der Waals surface area contributed by atoms with E-state index in [-0.39, 0.29) is 12.6 Å². The van der Waals surface area contributed by atoms with Crippen LogP contribution in [-0.4, -0.2) is 43.0 Å². The molecule has 29 heavy (non-hydrogen) atoms. The lowest BCUT2D eigenvalue weighted by atomic mass is 10.0. The minimum atomic E-state index is -0.734.